The van der Waals surface area contributed by atoms with Crippen LogP contribution in [0.15, 0.2) is 30.5 Å². The van der Waals surface area contributed by atoms with Crippen molar-refractivity contribution in [2.45, 2.75) is 45.2 Å². The number of piperidine rings is 1. The summed E-state index contributed by atoms with van der Waals surface area (Å²) in [4.78, 5) is 12.7. The van der Waals surface area contributed by atoms with Crippen molar-refractivity contribution < 1.29 is 9.18 Å². The van der Waals surface area contributed by atoms with Crippen molar-refractivity contribution in [3.05, 3.63) is 47.5 Å². The third-order valence-electron chi connectivity index (χ3n) is 4.60. The summed E-state index contributed by atoms with van der Waals surface area (Å²) in [6.07, 6.45) is 4.30. The van der Waals surface area contributed by atoms with Gasteiger partial charge in [0.1, 0.15) is 5.82 Å². The fraction of sp³-hybridized carbons (Fsp3) is 0.444. The van der Waals surface area contributed by atoms with E-state index in [-0.39, 0.29) is 36.2 Å². The van der Waals surface area contributed by atoms with Crippen LogP contribution in [0.3, 0.4) is 0 Å². The normalized spacial score (nSPS) is 20.0. The molecule has 2 atom stereocenters. The molecule has 0 spiro atoms. The summed E-state index contributed by atoms with van der Waals surface area (Å²) in [6, 6.07) is 6.51. The monoisotopic (exact) mass is 366 g/mol. The van der Waals surface area contributed by atoms with Crippen LogP contribution >= 0.6 is 12.4 Å². The Hall–Kier alpha value is -1.92. The second kappa shape index (κ2) is 8.45. The molecule has 2 aromatic rings. The van der Waals surface area contributed by atoms with E-state index in [0.29, 0.717) is 12.0 Å². The average Bonchev–Trinajstić information content (AvgIpc) is 3.01. The van der Waals surface area contributed by atoms with Crippen LogP contribution in [0.1, 0.15) is 42.7 Å². The van der Waals surface area contributed by atoms with Crippen molar-refractivity contribution in [1.82, 2.24) is 20.4 Å². The highest BCUT2D eigenvalue weighted by Gasteiger charge is 2.25. The van der Waals surface area contributed by atoms with E-state index in [1.165, 1.54) is 12.1 Å². The van der Waals surface area contributed by atoms with Crippen molar-refractivity contribution in [2.24, 2.45) is 0 Å². The summed E-state index contributed by atoms with van der Waals surface area (Å²) in [6.45, 7) is 5.07. The molecule has 2 heterocycles. The van der Waals surface area contributed by atoms with Gasteiger partial charge in [-0.15, -0.1) is 12.4 Å². The minimum atomic E-state index is -0.291. The fourth-order valence-corrected chi connectivity index (χ4v) is 3.20. The van der Waals surface area contributed by atoms with Gasteiger partial charge in [-0.1, -0.05) is 6.92 Å². The molecule has 7 heteroatoms. The summed E-state index contributed by atoms with van der Waals surface area (Å²) in [5.74, 6) is -0.388. The van der Waals surface area contributed by atoms with Gasteiger partial charge in [0, 0.05) is 12.1 Å². The Bertz CT molecular complexity index is 716. The number of benzene rings is 1. The number of hydrogen-bond acceptors (Lipinski definition) is 3. The van der Waals surface area contributed by atoms with E-state index in [0.717, 1.165) is 30.8 Å². The molecule has 5 nitrogen and oxygen atoms in total. The molecule has 3 rings (SSSR count). The first-order chi connectivity index (χ1) is 11.6. The van der Waals surface area contributed by atoms with E-state index in [4.69, 9.17) is 0 Å². The number of carbonyl (C=O) groups excluding carboxylic acids is 1. The molecule has 1 aromatic heterocycles. The minimum Gasteiger partial charge on any atom is -0.348 e. The van der Waals surface area contributed by atoms with Gasteiger partial charge in [-0.25, -0.2) is 9.07 Å². The van der Waals surface area contributed by atoms with Crippen LogP contribution in [0.4, 0.5) is 4.39 Å². The van der Waals surface area contributed by atoms with E-state index in [1.54, 1.807) is 23.0 Å². The number of hydrogen-bond donors (Lipinski definition) is 2. The number of aromatic nitrogens is 2. The topological polar surface area (TPSA) is 59.0 Å². The highest BCUT2D eigenvalue weighted by atomic mass is 35.5. The van der Waals surface area contributed by atoms with Crippen LogP contribution < -0.4 is 10.6 Å². The molecule has 1 amide bonds. The van der Waals surface area contributed by atoms with Gasteiger partial charge >= 0.3 is 0 Å². The summed E-state index contributed by atoms with van der Waals surface area (Å²) < 4.78 is 14.8. The Morgan fingerprint density at radius 3 is 2.76 bits per heavy atom. The molecule has 1 aliphatic rings. The smallest absolute Gasteiger partial charge is 0.255 e. The van der Waals surface area contributed by atoms with E-state index < -0.39 is 0 Å². The third-order valence-corrected chi connectivity index (χ3v) is 4.60. The number of nitrogens with one attached hydrogen (secondary N) is 2. The number of nitrogens with zero attached hydrogens (tertiary/aromatic N) is 2. The molecular weight excluding hydrogens is 343 g/mol. The van der Waals surface area contributed by atoms with Gasteiger partial charge in [-0.2, -0.15) is 5.10 Å². The molecule has 1 aromatic carbocycles. The average molecular weight is 367 g/mol. The maximum absolute atomic E-state index is 13.1. The van der Waals surface area contributed by atoms with Crippen LogP contribution in [-0.4, -0.2) is 34.3 Å². The lowest BCUT2D eigenvalue weighted by atomic mass is 9.99. The first kappa shape index (κ1) is 19.4. The molecule has 0 aliphatic carbocycles. The Morgan fingerprint density at radius 1 is 1.40 bits per heavy atom. The Kier molecular flexibility index (Phi) is 6.56. The zero-order chi connectivity index (χ0) is 17.1. The van der Waals surface area contributed by atoms with Crippen molar-refractivity contribution >= 4 is 18.3 Å². The maximum Gasteiger partial charge on any atom is 0.255 e. The number of amides is 1. The molecule has 2 N–H and O–H groups in total. The molecule has 1 fully saturated rings. The molecule has 1 saturated heterocycles. The van der Waals surface area contributed by atoms with Crippen molar-refractivity contribution in [3.63, 3.8) is 0 Å². The zero-order valence-electron chi connectivity index (χ0n) is 14.5. The van der Waals surface area contributed by atoms with E-state index in [2.05, 4.69) is 22.7 Å². The van der Waals surface area contributed by atoms with Gasteiger partial charge in [-0.05, 0) is 57.0 Å². The van der Waals surface area contributed by atoms with Crippen LogP contribution in [0.25, 0.3) is 5.69 Å². The summed E-state index contributed by atoms with van der Waals surface area (Å²) in [5, 5.41) is 10.8. The van der Waals surface area contributed by atoms with Gasteiger partial charge in [0.2, 0.25) is 0 Å². The summed E-state index contributed by atoms with van der Waals surface area (Å²) >= 11 is 0. The van der Waals surface area contributed by atoms with Crippen molar-refractivity contribution in [3.8, 4) is 5.69 Å². The van der Waals surface area contributed by atoms with Gasteiger partial charge < -0.3 is 10.6 Å². The van der Waals surface area contributed by atoms with Crippen LogP contribution in [0, 0.1) is 5.82 Å². The first-order valence-corrected chi connectivity index (χ1v) is 8.47. The van der Waals surface area contributed by atoms with Gasteiger partial charge in [0.25, 0.3) is 5.91 Å². The summed E-state index contributed by atoms with van der Waals surface area (Å²) in [7, 11) is 0. The number of carbonyl (C=O) groups is 1. The van der Waals surface area contributed by atoms with Crippen LogP contribution in [0.5, 0.6) is 0 Å². The standard InChI is InChI=1S/C18H23FN4O.ClH/c1-3-17-15(18(24)22-16-5-4-10-20-12(16)2)11-21-23(17)14-8-6-13(19)7-9-14;/h6-9,11-12,16,20H,3-5,10H2,1-2H3,(H,22,24);1H. The molecule has 25 heavy (non-hydrogen) atoms. The SMILES string of the molecule is CCc1c(C(=O)NC2CCCNC2C)cnn1-c1ccc(F)cc1.Cl. The lowest BCUT2D eigenvalue weighted by Crippen LogP contribution is -2.52. The molecular formula is C18H24ClFN4O. The predicted molar refractivity (Wildman–Crippen MR) is 98.1 cm³/mol. The highest BCUT2D eigenvalue weighted by Crippen LogP contribution is 2.17. The second-order valence-electron chi connectivity index (χ2n) is 6.21. The lowest BCUT2D eigenvalue weighted by molar-refractivity contribution is 0.0919. The van der Waals surface area contributed by atoms with Crippen molar-refractivity contribution in [2.75, 3.05) is 6.54 Å². The molecule has 0 bridgehead atoms. The quantitative estimate of drug-likeness (QED) is 0.874. The van der Waals surface area contributed by atoms with Crippen LogP contribution in [0.2, 0.25) is 0 Å². The Balaban J connectivity index is 0.00000225. The Labute approximate surface area is 153 Å². The Morgan fingerprint density at radius 2 is 2.12 bits per heavy atom. The van der Waals surface area contributed by atoms with Gasteiger partial charge in [0.15, 0.2) is 0 Å². The lowest BCUT2D eigenvalue weighted by Gasteiger charge is -2.30. The van der Waals surface area contributed by atoms with Gasteiger partial charge in [0.05, 0.1) is 23.1 Å². The second-order valence-corrected chi connectivity index (χ2v) is 6.21. The first-order valence-electron chi connectivity index (χ1n) is 8.47. The minimum absolute atomic E-state index is 0. The fourth-order valence-electron chi connectivity index (χ4n) is 3.20. The van der Waals surface area contributed by atoms with E-state index >= 15 is 0 Å². The molecule has 0 saturated carbocycles. The predicted octanol–water partition coefficient (Wildman–Crippen LogP) is 2.87. The maximum atomic E-state index is 13.1. The molecule has 0 radical (unpaired) electrons. The van der Waals surface area contributed by atoms with Crippen LogP contribution in [-0.2, 0) is 6.42 Å². The molecule has 136 valence electrons. The molecule has 2 unspecified atom stereocenters. The summed E-state index contributed by atoms with van der Waals surface area (Å²) in [5.41, 5.74) is 2.16. The van der Waals surface area contributed by atoms with E-state index in [1.807, 2.05) is 6.92 Å². The number of halogens is 2. The third kappa shape index (κ3) is 4.19. The number of rotatable bonds is 4. The van der Waals surface area contributed by atoms with Gasteiger partial charge in [-0.3, -0.25) is 4.79 Å². The van der Waals surface area contributed by atoms with E-state index in [9.17, 15) is 9.18 Å². The largest absolute Gasteiger partial charge is 0.348 e. The molecule has 1 aliphatic heterocycles. The van der Waals surface area contributed by atoms with Crippen molar-refractivity contribution in [1.29, 1.82) is 0 Å². The zero-order valence-corrected chi connectivity index (χ0v) is 15.3. The highest BCUT2D eigenvalue weighted by molar-refractivity contribution is 5.95.